The highest BCUT2D eigenvalue weighted by atomic mass is 14.8. The van der Waals surface area contributed by atoms with E-state index in [1.54, 1.807) is 0 Å². The molecule has 0 spiro atoms. The van der Waals surface area contributed by atoms with Gasteiger partial charge in [-0.3, -0.25) is 0 Å². The molecule has 0 aliphatic carbocycles. The molecule has 0 saturated heterocycles. The third kappa shape index (κ3) is 3.42. The summed E-state index contributed by atoms with van der Waals surface area (Å²) >= 11 is 0. The summed E-state index contributed by atoms with van der Waals surface area (Å²) in [5.74, 6) is 5.88. The van der Waals surface area contributed by atoms with Crippen molar-refractivity contribution < 1.29 is 0 Å². The van der Waals surface area contributed by atoms with Crippen molar-refractivity contribution in [1.82, 2.24) is 5.32 Å². The van der Waals surface area contributed by atoms with Crippen molar-refractivity contribution >= 4 is 0 Å². The standard InChI is InChI=1S/C14H19N/c1-5-6-7-15-10-14-9-12(3)11(2)8-13(14)4/h8-9,15H,7,10H2,1-4H3. The van der Waals surface area contributed by atoms with Gasteiger partial charge < -0.3 is 5.32 Å². The Balaban J connectivity index is 2.67. The number of benzene rings is 1. The fourth-order valence-electron chi connectivity index (χ4n) is 1.56. The molecule has 0 aliphatic rings. The van der Waals surface area contributed by atoms with E-state index < -0.39 is 0 Å². The Morgan fingerprint density at radius 1 is 1.07 bits per heavy atom. The van der Waals surface area contributed by atoms with Gasteiger partial charge >= 0.3 is 0 Å². The van der Waals surface area contributed by atoms with E-state index in [1.165, 1.54) is 22.3 Å². The van der Waals surface area contributed by atoms with Gasteiger partial charge in [-0.15, -0.1) is 5.92 Å². The minimum atomic E-state index is 0.767. The lowest BCUT2D eigenvalue weighted by Gasteiger charge is -2.09. The van der Waals surface area contributed by atoms with Gasteiger partial charge in [0.2, 0.25) is 0 Å². The van der Waals surface area contributed by atoms with Crippen LogP contribution in [0.2, 0.25) is 0 Å². The first-order chi connectivity index (χ1) is 7.15. The number of hydrogen-bond acceptors (Lipinski definition) is 1. The summed E-state index contributed by atoms with van der Waals surface area (Å²) in [7, 11) is 0. The lowest BCUT2D eigenvalue weighted by atomic mass is 10.0. The van der Waals surface area contributed by atoms with Gasteiger partial charge in [0, 0.05) is 6.54 Å². The summed E-state index contributed by atoms with van der Waals surface area (Å²) in [6.07, 6.45) is 0. The van der Waals surface area contributed by atoms with E-state index in [0.717, 1.165) is 13.1 Å². The molecule has 0 fully saturated rings. The van der Waals surface area contributed by atoms with Gasteiger partial charge in [-0.1, -0.05) is 18.1 Å². The fraction of sp³-hybridized carbons (Fsp3) is 0.429. The van der Waals surface area contributed by atoms with E-state index in [-0.39, 0.29) is 0 Å². The summed E-state index contributed by atoms with van der Waals surface area (Å²) in [5, 5.41) is 3.32. The molecule has 0 bridgehead atoms. The van der Waals surface area contributed by atoms with E-state index >= 15 is 0 Å². The maximum atomic E-state index is 3.32. The minimum Gasteiger partial charge on any atom is -0.302 e. The summed E-state index contributed by atoms with van der Waals surface area (Å²) in [5.41, 5.74) is 5.45. The third-order valence-electron chi connectivity index (χ3n) is 2.66. The second-order valence-corrected chi connectivity index (χ2v) is 3.89. The van der Waals surface area contributed by atoms with Crippen LogP contribution in [0.1, 0.15) is 29.2 Å². The topological polar surface area (TPSA) is 12.0 Å². The summed E-state index contributed by atoms with van der Waals surface area (Å²) < 4.78 is 0. The number of aryl methyl sites for hydroxylation is 3. The highest BCUT2D eigenvalue weighted by Crippen LogP contribution is 2.14. The zero-order valence-corrected chi connectivity index (χ0v) is 10.1. The molecule has 0 atom stereocenters. The van der Waals surface area contributed by atoms with Crippen molar-refractivity contribution in [1.29, 1.82) is 0 Å². The summed E-state index contributed by atoms with van der Waals surface area (Å²) in [6.45, 7) is 10.0. The van der Waals surface area contributed by atoms with Gasteiger partial charge in [0.25, 0.3) is 0 Å². The second kappa shape index (κ2) is 5.58. The monoisotopic (exact) mass is 201 g/mol. The predicted octanol–water partition coefficient (Wildman–Crippen LogP) is 2.72. The molecule has 0 unspecified atom stereocenters. The highest BCUT2D eigenvalue weighted by Gasteiger charge is 2.00. The SMILES string of the molecule is CC#CCNCc1cc(C)c(C)cc1C. The van der Waals surface area contributed by atoms with E-state index in [1.807, 2.05) is 6.92 Å². The molecule has 0 saturated carbocycles. The lowest BCUT2D eigenvalue weighted by molar-refractivity contribution is 0.764. The van der Waals surface area contributed by atoms with Crippen LogP contribution in [-0.4, -0.2) is 6.54 Å². The molecule has 1 aromatic rings. The van der Waals surface area contributed by atoms with Gasteiger partial charge in [0.15, 0.2) is 0 Å². The highest BCUT2D eigenvalue weighted by molar-refractivity contribution is 5.36. The van der Waals surface area contributed by atoms with Crippen LogP contribution < -0.4 is 5.32 Å². The molecule has 0 radical (unpaired) electrons. The smallest absolute Gasteiger partial charge is 0.0579 e. The predicted molar refractivity (Wildman–Crippen MR) is 65.8 cm³/mol. The lowest BCUT2D eigenvalue weighted by Crippen LogP contribution is -2.14. The first kappa shape index (κ1) is 11.8. The average molecular weight is 201 g/mol. The van der Waals surface area contributed by atoms with Gasteiger partial charge in [0.05, 0.1) is 6.54 Å². The van der Waals surface area contributed by atoms with Crippen molar-refractivity contribution in [3.05, 3.63) is 34.4 Å². The van der Waals surface area contributed by atoms with Crippen LogP contribution in [0, 0.1) is 32.6 Å². The maximum Gasteiger partial charge on any atom is 0.0579 e. The zero-order chi connectivity index (χ0) is 11.3. The van der Waals surface area contributed by atoms with Crippen molar-refractivity contribution in [2.24, 2.45) is 0 Å². The normalized spacial score (nSPS) is 9.60. The number of rotatable bonds is 3. The van der Waals surface area contributed by atoms with Crippen LogP contribution in [-0.2, 0) is 6.54 Å². The minimum absolute atomic E-state index is 0.767. The zero-order valence-electron chi connectivity index (χ0n) is 10.1. The van der Waals surface area contributed by atoms with Gasteiger partial charge in [-0.05, 0) is 49.9 Å². The molecule has 80 valence electrons. The van der Waals surface area contributed by atoms with E-state index in [0.29, 0.717) is 0 Å². The Hall–Kier alpha value is -1.26. The van der Waals surface area contributed by atoms with Gasteiger partial charge in [-0.2, -0.15) is 0 Å². The van der Waals surface area contributed by atoms with Gasteiger partial charge in [-0.25, -0.2) is 0 Å². The van der Waals surface area contributed by atoms with Gasteiger partial charge in [0.1, 0.15) is 0 Å². The summed E-state index contributed by atoms with van der Waals surface area (Å²) in [4.78, 5) is 0. The molecule has 1 nitrogen and oxygen atoms in total. The Morgan fingerprint density at radius 2 is 1.73 bits per heavy atom. The number of hydrogen-bond donors (Lipinski definition) is 1. The van der Waals surface area contributed by atoms with E-state index in [9.17, 15) is 0 Å². The summed E-state index contributed by atoms with van der Waals surface area (Å²) in [6, 6.07) is 4.51. The molecule has 15 heavy (non-hydrogen) atoms. The van der Waals surface area contributed by atoms with Crippen molar-refractivity contribution in [2.75, 3.05) is 6.54 Å². The molecule has 0 heterocycles. The molecule has 0 aromatic heterocycles. The average Bonchev–Trinajstić information content (AvgIpc) is 2.20. The first-order valence-electron chi connectivity index (χ1n) is 5.32. The molecule has 1 N–H and O–H groups in total. The largest absolute Gasteiger partial charge is 0.302 e. The molecule has 0 amide bonds. The van der Waals surface area contributed by atoms with Crippen LogP contribution in [0.5, 0.6) is 0 Å². The molecular formula is C14H19N. The van der Waals surface area contributed by atoms with Crippen molar-refractivity contribution in [3.8, 4) is 11.8 Å². The van der Waals surface area contributed by atoms with E-state index in [4.69, 9.17) is 0 Å². The Morgan fingerprint density at radius 3 is 2.40 bits per heavy atom. The Kier molecular flexibility index (Phi) is 4.39. The van der Waals surface area contributed by atoms with Crippen LogP contribution >= 0.6 is 0 Å². The first-order valence-corrected chi connectivity index (χ1v) is 5.32. The van der Waals surface area contributed by atoms with Crippen LogP contribution in [0.25, 0.3) is 0 Å². The molecule has 0 aliphatic heterocycles. The maximum absolute atomic E-state index is 3.32. The Bertz CT molecular complexity index is 394. The van der Waals surface area contributed by atoms with E-state index in [2.05, 4.69) is 50.1 Å². The molecule has 1 rings (SSSR count). The molecule has 1 aromatic carbocycles. The second-order valence-electron chi connectivity index (χ2n) is 3.89. The molecule has 1 heteroatoms. The fourth-order valence-corrected chi connectivity index (χ4v) is 1.56. The van der Waals surface area contributed by atoms with Crippen LogP contribution in [0.3, 0.4) is 0 Å². The molecular weight excluding hydrogens is 182 g/mol. The quantitative estimate of drug-likeness (QED) is 0.585. The van der Waals surface area contributed by atoms with Crippen molar-refractivity contribution in [3.63, 3.8) is 0 Å². The van der Waals surface area contributed by atoms with Crippen LogP contribution in [0.15, 0.2) is 12.1 Å². The number of nitrogens with one attached hydrogen (secondary N) is 1. The Labute approximate surface area is 92.9 Å². The third-order valence-corrected chi connectivity index (χ3v) is 2.66. The van der Waals surface area contributed by atoms with Crippen LogP contribution in [0.4, 0.5) is 0 Å². The van der Waals surface area contributed by atoms with Crippen molar-refractivity contribution in [2.45, 2.75) is 34.2 Å².